The molecular formula is C18H31N3O. The highest BCUT2D eigenvalue weighted by Crippen LogP contribution is 2.21. The quantitative estimate of drug-likeness (QED) is 0.811. The molecule has 1 aliphatic carbocycles. The van der Waals surface area contributed by atoms with Crippen molar-refractivity contribution in [2.75, 3.05) is 39.3 Å². The van der Waals surface area contributed by atoms with Gasteiger partial charge in [0.15, 0.2) is 0 Å². The van der Waals surface area contributed by atoms with Gasteiger partial charge in [-0.15, -0.1) is 0 Å². The number of carbonyl (C=O) groups excluding carboxylic acids is 1. The zero-order valence-corrected chi connectivity index (χ0v) is 13.8. The number of carbonyl (C=O) groups is 1. The molecule has 2 fully saturated rings. The summed E-state index contributed by atoms with van der Waals surface area (Å²) in [6, 6.07) is 0.161. The molecule has 4 nitrogen and oxygen atoms in total. The molecule has 0 saturated carbocycles. The predicted molar refractivity (Wildman–Crippen MR) is 89.9 cm³/mol. The number of allylic oxidation sites excluding steroid dienone is 2. The monoisotopic (exact) mass is 305 g/mol. The average Bonchev–Trinajstić information content (AvgIpc) is 3.07. The van der Waals surface area contributed by atoms with E-state index < -0.39 is 0 Å². The van der Waals surface area contributed by atoms with E-state index in [0.29, 0.717) is 5.92 Å². The number of likely N-dealkylation sites (tertiary alicyclic amines) is 2. The van der Waals surface area contributed by atoms with Crippen LogP contribution >= 0.6 is 0 Å². The normalized spacial score (nSPS) is 27.3. The molecule has 2 heterocycles. The third-order valence-electron chi connectivity index (χ3n) is 5.54. The molecule has 1 unspecified atom stereocenters. The van der Waals surface area contributed by atoms with Gasteiger partial charge in [-0.2, -0.15) is 0 Å². The van der Waals surface area contributed by atoms with Crippen LogP contribution in [0.15, 0.2) is 12.2 Å². The molecule has 3 aliphatic rings. The molecule has 3 rings (SSSR count). The third kappa shape index (κ3) is 4.48. The summed E-state index contributed by atoms with van der Waals surface area (Å²) in [7, 11) is 0. The number of hydrogen-bond acceptors (Lipinski definition) is 2. The summed E-state index contributed by atoms with van der Waals surface area (Å²) < 4.78 is 0. The fourth-order valence-corrected chi connectivity index (χ4v) is 4.03. The minimum Gasteiger partial charge on any atom is -0.338 e. The first-order valence-electron chi connectivity index (χ1n) is 9.21. The molecule has 0 radical (unpaired) electrons. The molecule has 0 aromatic carbocycles. The molecule has 1 N–H and O–H groups in total. The first-order valence-corrected chi connectivity index (χ1v) is 9.21. The van der Waals surface area contributed by atoms with Crippen LogP contribution in [0.4, 0.5) is 4.79 Å². The van der Waals surface area contributed by atoms with E-state index in [1.54, 1.807) is 0 Å². The number of amides is 2. The fraction of sp³-hybridized carbons (Fsp3) is 0.833. The Morgan fingerprint density at radius 1 is 1.00 bits per heavy atom. The first-order chi connectivity index (χ1) is 10.8. The van der Waals surface area contributed by atoms with Gasteiger partial charge in [0.05, 0.1) is 0 Å². The number of nitrogens with one attached hydrogen (secondary N) is 1. The molecule has 0 bridgehead atoms. The van der Waals surface area contributed by atoms with E-state index in [1.807, 2.05) is 4.90 Å². The molecule has 0 spiro atoms. The van der Waals surface area contributed by atoms with Crippen LogP contribution in [0.1, 0.15) is 44.9 Å². The van der Waals surface area contributed by atoms with E-state index >= 15 is 0 Å². The zero-order valence-electron chi connectivity index (χ0n) is 13.8. The Bertz CT molecular complexity index is 382. The third-order valence-corrected chi connectivity index (χ3v) is 5.54. The minimum absolute atomic E-state index is 0.161. The number of rotatable bonds is 4. The number of piperidine rings is 1. The lowest BCUT2D eigenvalue weighted by atomic mass is 9.94. The summed E-state index contributed by atoms with van der Waals surface area (Å²) in [4.78, 5) is 16.9. The summed E-state index contributed by atoms with van der Waals surface area (Å²) in [5.41, 5.74) is 0. The van der Waals surface area contributed by atoms with Crippen LogP contribution in [0.5, 0.6) is 0 Å². The molecule has 0 aromatic heterocycles. The van der Waals surface area contributed by atoms with Gasteiger partial charge in [-0.3, -0.25) is 0 Å². The Balaban J connectivity index is 1.33. The molecule has 124 valence electrons. The first kappa shape index (κ1) is 15.9. The van der Waals surface area contributed by atoms with E-state index in [9.17, 15) is 4.79 Å². The lowest BCUT2D eigenvalue weighted by molar-refractivity contribution is 0.153. The second kappa shape index (κ2) is 8.00. The number of hydrogen-bond donors (Lipinski definition) is 1. The van der Waals surface area contributed by atoms with Crippen molar-refractivity contribution in [1.29, 1.82) is 0 Å². The summed E-state index contributed by atoms with van der Waals surface area (Å²) in [6.07, 6.45) is 13.1. The van der Waals surface area contributed by atoms with Crippen LogP contribution in [-0.2, 0) is 0 Å². The molecule has 2 amide bonds. The van der Waals surface area contributed by atoms with Crippen LogP contribution in [0.25, 0.3) is 0 Å². The molecule has 4 heteroatoms. The second-order valence-electron chi connectivity index (χ2n) is 7.27. The average molecular weight is 305 g/mol. The minimum atomic E-state index is 0.161. The van der Waals surface area contributed by atoms with Crippen molar-refractivity contribution in [3.05, 3.63) is 12.2 Å². The molecule has 1 atom stereocenters. The van der Waals surface area contributed by atoms with Gasteiger partial charge in [0.25, 0.3) is 0 Å². The summed E-state index contributed by atoms with van der Waals surface area (Å²) >= 11 is 0. The van der Waals surface area contributed by atoms with Crippen molar-refractivity contribution in [3.8, 4) is 0 Å². The van der Waals surface area contributed by atoms with Gasteiger partial charge in [-0.05, 0) is 69.9 Å². The maximum Gasteiger partial charge on any atom is 0.317 e. The highest BCUT2D eigenvalue weighted by molar-refractivity contribution is 5.74. The Kier molecular flexibility index (Phi) is 5.76. The molecule has 22 heavy (non-hydrogen) atoms. The smallest absolute Gasteiger partial charge is 0.317 e. The van der Waals surface area contributed by atoms with E-state index in [0.717, 1.165) is 32.0 Å². The molecular weight excluding hydrogens is 274 g/mol. The van der Waals surface area contributed by atoms with Gasteiger partial charge in [0.1, 0.15) is 0 Å². The largest absolute Gasteiger partial charge is 0.338 e. The van der Waals surface area contributed by atoms with Crippen LogP contribution in [0.3, 0.4) is 0 Å². The summed E-state index contributed by atoms with van der Waals surface area (Å²) in [5.74, 6) is 1.44. The Morgan fingerprint density at radius 3 is 2.45 bits per heavy atom. The van der Waals surface area contributed by atoms with Gasteiger partial charge < -0.3 is 15.1 Å². The van der Waals surface area contributed by atoms with E-state index in [4.69, 9.17) is 0 Å². The van der Waals surface area contributed by atoms with Crippen molar-refractivity contribution >= 4 is 6.03 Å². The zero-order chi connectivity index (χ0) is 15.2. The Hall–Kier alpha value is -1.03. The van der Waals surface area contributed by atoms with Gasteiger partial charge in [-0.25, -0.2) is 4.79 Å². The van der Waals surface area contributed by atoms with Gasteiger partial charge in [0, 0.05) is 26.2 Å². The van der Waals surface area contributed by atoms with Crippen LogP contribution in [0, 0.1) is 11.8 Å². The maximum atomic E-state index is 12.3. The maximum absolute atomic E-state index is 12.3. The highest BCUT2D eigenvalue weighted by atomic mass is 16.2. The number of urea groups is 1. The highest BCUT2D eigenvalue weighted by Gasteiger charge is 2.25. The summed E-state index contributed by atoms with van der Waals surface area (Å²) in [6.45, 7) is 6.55. The Labute approximate surface area is 134 Å². The van der Waals surface area contributed by atoms with Gasteiger partial charge in [-0.1, -0.05) is 12.2 Å². The van der Waals surface area contributed by atoms with Crippen molar-refractivity contribution in [3.63, 3.8) is 0 Å². The standard InChI is InChI=1S/C18H31N3O/c22-18(19-14-16-6-2-1-3-7-16)21-12-8-17(9-13-21)15-20-10-4-5-11-20/h1-2,16-17H,3-15H2,(H,19,22). The lowest BCUT2D eigenvalue weighted by Gasteiger charge is -2.34. The molecule has 0 aromatic rings. The summed E-state index contributed by atoms with van der Waals surface area (Å²) in [5, 5.41) is 3.15. The lowest BCUT2D eigenvalue weighted by Crippen LogP contribution is -2.46. The Morgan fingerprint density at radius 2 is 1.77 bits per heavy atom. The van der Waals surface area contributed by atoms with E-state index in [-0.39, 0.29) is 6.03 Å². The van der Waals surface area contributed by atoms with Crippen molar-refractivity contribution in [2.45, 2.75) is 44.9 Å². The van der Waals surface area contributed by atoms with Crippen LogP contribution < -0.4 is 5.32 Å². The fourth-order valence-electron chi connectivity index (χ4n) is 4.03. The van der Waals surface area contributed by atoms with Crippen molar-refractivity contribution in [1.82, 2.24) is 15.1 Å². The SMILES string of the molecule is O=C(NCC1CC=CCC1)N1CCC(CN2CCCC2)CC1. The number of nitrogens with zero attached hydrogens (tertiary/aromatic N) is 2. The molecule has 2 aliphatic heterocycles. The van der Waals surface area contributed by atoms with Gasteiger partial charge in [0.2, 0.25) is 0 Å². The predicted octanol–water partition coefficient (Wildman–Crippen LogP) is 2.86. The molecule has 2 saturated heterocycles. The topological polar surface area (TPSA) is 35.6 Å². The van der Waals surface area contributed by atoms with Gasteiger partial charge >= 0.3 is 6.03 Å². The van der Waals surface area contributed by atoms with E-state index in [1.165, 1.54) is 58.2 Å². The van der Waals surface area contributed by atoms with Crippen molar-refractivity contribution in [2.24, 2.45) is 11.8 Å². The second-order valence-corrected chi connectivity index (χ2v) is 7.27. The van der Waals surface area contributed by atoms with Crippen LogP contribution in [-0.4, -0.2) is 55.1 Å². The van der Waals surface area contributed by atoms with E-state index in [2.05, 4.69) is 22.4 Å². The van der Waals surface area contributed by atoms with Crippen LogP contribution in [0.2, 0.25) is 0 Å². The van der Waals surface area contributed by atoms with Crippen molar-refractivity contribution < 1.29 is 4.79 Å².